The summed E-state index contributed by atoms with van der Waals surface area (Å²) in [6, 6.07) is 0. The van der Waals surface area contributed by atoms with Crippen LogP contribution in [0.25, 0.3) is 0 Å². The summed E-state index contributed by atoms with van der Waals surface area (Å²) in [5, 5.41) is 9.55. The first-order chi connectivity index (χ1) is 12.9. The van der Waals surface area contributed by atoms with Gasteiger partial charge in [-0.25, -0.2) is 0 Å². The van der Waals surface area contributed by atoms with Crippen LogP contribution < -0.4 is 0 Å². The zero-order valence-corrected chi connectivity index (χ0v) is 16.2. The molecule has 0 aromatic heterocycles. The second kappa shape index (κ2) is 11.9. The number of carbonyl (C=O) groups is 2. The van der Waals surface area contributed by atoms with Gasteiger partial charge in [-0.3, -0.25) is 9.59 Å². The highest BCUT2D eigenvalue weighted by molar-refractivity contribution is 5.96. The zero-order valence-electron chi connectivity index (χ0n) is 16.2. The second-order valence-electron chi connectivity index (χ2n) is 6.22. The van der Waals surface area contributed by atoms with Gasteiger partial charge in [0.2, 0.25) is 0 Å². The van der Waals surface area contributed by atoms with Crippen LogP contribution in [-0.4, -0.2) is 47.5 Å². The monoisotopic (exact) mass is 371 g/mol. The van der Waals surface area contributed by atoms with E-state index in [1.165, 1.54) is 13.0 Å². The molecule has 1 heterocycles. The summed E-state index contributed by atoms with van der Waals surface area (Å²) in [5.74, 6) is 0.407. The standard InChI is InChI=1S/C22H29NO4/c1-5-7-8-12-21(17(3)24)18(4)27-15-10-9-11-19(6-2)22(26)23-14-13-20(25)16-23/h5-11,20,25H,1-2,12-16H2,3-4H3/b8-7-,10-9-,19-11+,21-18-. The third-order valence-electron chi connectivity index (χ3n) is 4.17. The summed E-state index contributed by atoms with van der Waals surface area (Å²) in [6.07, 6.45) is 12.6. The molecule has 1 aliphatic heterocycles. The number of aliphatic hydroxyl groups is 1. The fraction of sp³-hybridized carbons (Fsp3) is 0.364. The van der Waals surface area contributed by atoms with Crippen molar-refractivity contribution in [3.63, 3.8) is 0 Å². The number of rotatable bonds is 10. The number of Topliss-reactive ketones (excluding diaryl/α,β-unsaturated/α-hetero) is 1. The number of β-amino-alcohol motifs (C(OH)–C–C–N with tert-alkyl or cyclic N) is 1. The predicted molar refractivity (Wildman–Crippen MR) is 108 cm³/mol. The lowest BCUT2D eigenvalue weighted by molar-refractivity contribution is -0.126. The molecule has 1 fully saturated rings. The Bertz CT molecular complexity index is 682. The van der Waals surface area contributed by atoms with Crippen molar-refractivity contribution in [2.24, 2.45) is 0 Å². The van der Waals surface area contributed by atoms with Crippen molar-refractivity contribution in [1.82, 2.24) is 4.90 Å². The molecule has 0 saturated carbocycles. The van der Waals surface area contributed by atoms with Crippen molar-refractivity contribution in [3.8, 4) is 0 Å². The normalized spacial score (nSPS) is 18.7. The number of hydrogen-bond donors (Lipinski definition) is 1. The molecule has 1 unspecified atom stereocenters. The number of aliphatic hydroxyl groups excluding tert-OH is 1. The molecule has 0 spiro atoms. The van der Waals surface area contributed by atoms with Gasteiger partial charge in [0.05, 0.1) is 6.10 Å². The van der Waals surface area contributed by atoms with E-state index in [2.05, 4.69) is 13.2 Å². The zero-order chi connectivity index (χ0) is 20.2. The molecular weight excluding hydrogens is 342 g/mol. The van der Waals surface area contributed by atoms with E-state index in [4.69, 9.17) is 4.74 Å². The van der Waals surface area contributed by atoms with E-state index < -0.39 is 6.10 Å². The van der Waals surface area contributed by atoms with Gasteiger partial charge < -0.3 is 14.7 Å². The molecule has 27 heavy (non-hydrogen) atoms. The maximum atomic E-state index is 12.3. The summed E-state index contributed by atoms with van der Waals surface area (Å²) in [4.78, 5) is 25.7. The highest BCUT2D eigenvalue weighted by atomic mass is 16.5. The number of amides is 1. The highest BCUT2D eigenvalue weighted by Crippen LogP contribution is 2.14. The Morgan fingerprint density at radius 3 is 2.52 bits per heavy atom. The predicted octanol–water partition coefficient (Wildman–Crippen LogP) is 3.26. The number of ether oxygens (including phenoxy) is 1. The number of carbonyl (C=O) groups excluding carboxylic acids is 2. The molecule has 1 atom stereocenters. The van der Waals surface area contributed by atoms with Gasteiger partial charge in [-0.15, -0.1) is 0 Å². The maximum Gasteiger partial charge on any atom is 0.253 e. The smallest absolute Gasteiger partial charge is 0.253 e. The van der Waals surface area contributed by atoms with Gasteiger partial charge in [-0.1, -0.05) is 43.5 Å². The minimum absolute atomic E-state index is 0.0302. The van der Waals surface area contributed by atoms with Crippen LogP contribution in [0.5, 0.6) is 0 Å². The first-order valence-electron chi connectivity index (χ1n) is 8.98. The topological polar surface area (TPSA) is 66.8 Å². The summed E-state index contributed by atoms with van der Waals surface area (Å²) in [7, 11) is 0. The fourth-order valence-electron chi connectivity index (χ4n) is 2.64. The van der Waals surface area contributed by atoms with Gasteiger partial charge in [0.1, 0.15) is 12.4 Å². The van der Waals surface area contributed by atoms with Crippen LogP contribution in [0.3, 0.4) is 0 Å². The van der Waals surface area contributed by atoms with Gasteiger partial charge in [0.15, 0.2) is 5.78 Å². The molecule has 0 aliphatic carbocycles. The largest absolute Gasteiger partial charge is 0.494 e. The van der Waals surface area contributed by atoms with Crippen molar-refractivity contribution >= 4 is 11.7 Å². The lowest BCUT2D eigenvalue weighted by atomic mass is 10.1. The summed E-state index contributed by atoms with van der Waals surface area (Å²) in [5.41, 5.74) is 1.08. The molecule has 5 heteroatoms. The van der Waals surface area contributed by atoms with Gasteiger partial charge >= 0.3 is 0 Å². The van der Waals surface area contributed by atoms with Crippen LogP contribution in [0, 0.1) is 0 Å². The average molecular weight is 371 g/mol. The van der Waals surface area contributed by atoms with Crippen LogP contribution in [0.2, 0.25) is 0 Å². The third-order valence-corrected chi connectivity index (χ3v) is 4.17. The van der Waals surface area contributed by atoms with Gasteiger partial charge in [-0.05, 0) is 38.8 Å². The van der Waals surface area contributed by atoms with Crippen molar-refractivity contribution in [3.05, 3.63) is 72.6 Å². The molecule has 1 amide bonds. The molecule has 1 saturated heterocycles. The second-order valence-corrected chi connectivity index (χ2v) is 6.22. The number of ketones is 1. The Labute approximate surface area is 161 Å². The van der Waals surface area contributed by atoms with E-state index in [9.17, 15) is 14.7 Å². The van der Waals surface area contributed by atoms with Gasteiger partial charge in [0.25, 0.3) is 5.91 Å². The Kier molecular flexibility index (Phi) is 9.83. The molecule has 0 aromatic carbocycles. The molecule has 0 radical (unpaired) electrons. The molecule has 0 bridgehead atoms. The third kappa shape index (κ3) is 7.62. The van der Waals surface area contributed by atoms with Crippen LogP contribution in [0.15, 0.2) is 72.6 Å². The molecule has 1 N–H and O–H groups in total. The van der Waals surface area contributed by atoms with E-state index >= 15 is 0 Å². The average Bonchev–Trinajstić information content (AvgIpc) is 3.07. The molecule has 1 rings (SSSR count). The minimum atomic E-state index is -0.449. The Hall–Kier alpha value is -2.66. The highest BCUT2D eigenvalue weighted by Gasteiger charge is 2.25. The Morgan fingerprint density at radius 1 is 1.22 bits per heavy atom. The lowest BCUT2D eigenvalue weighted by Crippen LogP contribution is -2.30. The molecule has 0 aromatic rings. The first-order valence-corrected chi connectivity index (χ1v) is 8.98. The Balaban J connectivity index is 2.64. The van der Waals surface area contributed by atoms with E-state index in [0.29, 0.717) is 42.8 Å². The van der Waals surface area contributed by atoms with Crippen molar-refractivity contribution < 1.29 is 19.4 Å². The fourth-order valence-corrected chi connectivity index (χ4v) is 2.64. The first kappa shape index (κ1) is 22.4. The maximum absolute atomic E-state index is 12.3. The quantitative estimate of drug-likeness (QED) is 0.364. The van der Waals surface area contributed by atoms with E-state index in [0.717, 1.165) is 0 Å². The molecule has 146 valence electrons. The number of likely N-dealkylation sites (tertiary alicyclic amines) is 1. The Morgan fingerprint density at radius 2 is 1.96 bits per heavy atom. The van der Waals surface area contributed by atoms with Crippen LogP contribution in [-0.2, 0) is 14.3 Å². The summed E-state index contributed by atoms with van der Waals surface area (Å²) in [6.45, 7) is 11.7. The number of nitrogens with zero attached hydrogens (tertiary/aromatic N) is 1. The minimum Gasteiger partial charge on any atom is -0.494 e. The van der Waals surface area contributed by atoms with Crippen LogP contribution in [0.1, 0.15) is 26.7 Å². The lowest BCUT2D eigenvalue weighted by Gasteiger charge is -2.15. The number of hydrogen-bond acceptors (Lipinski definition) is 4. The van der Waals surface area contributed by atoms with Crippen molar-refractivity contribution in [2.75, 3.05) is 19.7 Å². The molecule has 5 nitrogen and oxygen atoms in total. The van der Waals surface area contributed by atoms with Gasteiger partial charge in [-0.2, -0.15) is 0 Å². The van der Waals surface area contributed by atoms with Crippen molar-refractivity contribution in [1.29, 1.82) is 0 Å². The van der Waals surface area contributed by atoms with Crippen LogP contribution >= 0.6 is 0 Å². The van der Waals surface area contributed by atoms with E-state index in [1.807, 2.05) is 6.08 Å². The summed E-state index contributed by atoms with van der Waals surface area (Å²) >= 11 is 0. The number of allylic oxidation sites excluding steroid dienone is 7. The van der Waals surface area contributed by atoms with E-state index in [-0.39, 0.29) is 18.3 Å². The van der Waals surface area contributed by atoms with Gasteiger partial charge in [0, 0.05) is 24.2 Å². The molecular formula is C22H29NO4. The molecule has 1 aliphatic rings. The van der Waals surface area contributed by atoms with E-state index in [1.54, 1.807) is 42.2 Å². The van der Waals surface area contributed by atoms with Crippen molar-refractivity contribution in [2.45, 2.75) is 32.8 Å². The summed E-state index contributed by atoms with van der Waals surface area (Å²) < 4.78 is 5.61. The SMILES string of the molecule is C=C/C=C\C/C(C(C)=O)=C(\C)OC/C=C\C=C(/C=C)C(=O)N1CCC(O)C1. The van der Waals surface area contributed by atoms with Crippen LogP contribution in [0.4, 0.5) is 0 Å².